The van der Waals surface area contributed by atoms with Gasteiger partial charge in [-0.1, -0.05) is 22.9 Å². The normalized spacial score (nSPS) is 11.4. The molecule has 0 radical (unpaired) electrons. The maximum Gasteiger partial charge on any atom is 0.270 e. The third-order valence-corrected chi connectivity index (χ3v) is 8.02. The number of nitro benzene ring substituents is 1. The van der Waals surface area contributed by atoms with Crippen LogP contribution < -0.4 is 4.90 Å². The van der Waals surface area contributed by atoms with E-state index in [4.69, 9.17) is 16.6 Å². The first kappa shape index (κ1) is 23.4. The number of benzene rings is 2. The maximum absolute atomic E-state index is 13.8. The monoisotopic (exact) mass is 525 g/mol. The molecule has 1 amide bonds. The van der Waals surface area contributed by atoms with Crippen LogP contribution in [0.15, 0.2) is 42.5 Å². The third kappa shape index (κ3) is 4.52. The number of thiophene rings is 1. The van der Waals surface area contributed by atoms with Gasteiger partial charge in [-0.3, -0.25) is 24.5 Å². The largest absolute Gasteiger partial charge is 0.281 e. The van der Waals surface area contributed by atoms with Crippen LogP contribution in [0.25, 0.3) is 20.3 Å². The van der Waals surface area contributed by atoms with Gasteiger partial charge in [-0.25, -0.2) is 4.98 Å². The fourth-order valence-corrected chi connectivity index (χ4v) is 6.46. The second kappa shape index (κ2) is 9.03. The molecule has 0 aliphatic carbocycles. The molecule has 3 heterocycles. The molecule has 5 rings (SSSR count). The number of amides is 1. The molecule has 3 aromatic heterocycles. The number of halogens is 1. The highest BCUT2D eigenvalue weighted by Gasteiger charge is 2.24. The number of hydrogen-bond donors (Lipinski definition) is 0. The fraction of sp³-hybridized carbons (Fsp3) is 0.208. The number of rotatable bonds is 6. The van der Waals surface area contributed by atoms with Gasteiger partial charge < -0.3 is 0 Å². The first-order chi connectivity index (χ1) is 16.7. The van der Waals surface area contributed by atoms with E-state index < -0.39 is 4.92 Å². The first-order valence-electron chi connectivity index (χ1n) is 10.8. The summed E-state index contributed by atoms with van der Waals surface area (Å²) in [7, 11) is 0. The van der Waals surface area contributed by atoms with Crippen molar-refractivity contribution in [2.75, 3.05) is 11.4 Å². The van der Waals surface area contributed by atoms with E-state index in [-0.39, 0.29) is 11.6 Å². The molecule has 0 unspecified atom stereocenters. The predicted octanol–water partition coefficient (Wildman–Crippen LogP) is 6.54. The number of anilines is 1. The van der Waals surface area contributed by atoms with E-state index in [0.29, 0.717) is 33.5 Å². The Labute approximate surface area is 213 Å². The molecule has 11 heteroatoms. The summed E-state index contributed by atoms with van der Waals surface area (Å²) in [4.78, 5) is 31.5. The molecule has 0 fully saturated rings. The molecule has 0 saturated carbocycles. The van der Waals surface area contributed by atoms with Crippen LogP contribution in [0, 0.1) is 30.9 Å². The molecule has 0 saturated heterocycles. The van der Waals surface area contributed by atoms with Crippen molar-refractivity contribution in [1.82, 2.24) is 14.8 Å². The molecule has 8 nitrogen and oxygen atoms in total. The van der Waals surface area contributed by atoms with Gasteiger partial charge in [0.2, 0.25) is 0 Å². The average Bonchev–Trinajstić information content (AvgIpc) is 3.49. The minimum absolute atomic E-state index is 0.00536. The Hall–Kier alpha value is -3.34. The van der Waals surface area contributed by atoms with Crippen molar-refractivity contribution < 1.29 is 9.72 Å². The minimum Gasteiger partial charge on any atom is -0.281 e. The zero-order chi connectivity index (χ0) is 24.9. The van der Waals surface area contributed by atoms with Crippen LogP contribution in [0.4, 0.5) is 10.8 Å². The second-order valence-electron chi connectivity index (χ2n) is 8.26. The van der Waals surface area contributed by atoms with Gasteiger partial charge in [0.05, 0.1) is 32.3 Å². The number of aromatic nitrogens is 3. The predicted molar refractivity (Wildman–Crippen MR) is 141 cm³/mol. The van der Waals surface area contributed by atoms with Crippen molar-refractivity contribution in [1.29, 1.82) is 0 Å². The molecule has 0 atom stereocenters. The van der Waals surface area contributed by atoms with Crippen LogP contribution in [0.3, 0.4) is 0 Å². The van der Waals surface area contributed by atoms with E-state index in [1.807, 2.05) is 43.7 Å². The van der Waals surface area contributed by atoms with E-state index in [1.54, 1.807) is 17.0 Å². The van der Waals surface area contributed by atoms with Crippen molar-refractivity contribution in [3.8, 4) is 0 Å². The highest BCUT2D eigenvalue weighted by atomic mass is 35.5. The molecular formula is C24H20ClN5O3S2. The van der Waals surface area contributed by atoms with Crippen molar-refractivity contribution in [2.24, 2.45) is 0 Å². The van der Waals surface area contributed by atoms with Gasteiger partial charge >= 0.3 is 0 Å². The van der Waals surface area contributed by atoms with Gasteiger partial charge in [0.1, 0.15) is 0 Å². The Kier molecular flexibility index (Phi) is 6.04. The summed E-state index contributed by atoms with van der Waals surface area (Å²) in [6.07, 6.45) is 0. The molecule has 0 bridgehead atoms. The lowest BCUT2D eigenvalue weighted by Gasteiger charge is -2.19. The Morgan fingerprint density at radius 1 is 1.11 bits per heavy atom. The summed E-state index contributed by atoms with van der Waals surface area (Å²) in [5.74, 6) is -0.210. The van der Waals surface area contributed by atoms with Crippen LogP contribution in [0.1, 0.15) is 26.6 Å². The van der Waals surface area contributed by atoms with Gasteiger partial charge in [0.25, 0.3) is 11.6 Å². The number of carbonyl (C=O) groups excluding carboxylic acids is 1. The summed E-state index contributed by atoms with van der Waals surface area (Å²) in [6.45, 7) is 6.72. The van der Waals surface area contributed by atoms with Crippen LogP contribution >= 0.6 is 34.3 Å². The standard InChI is InChI=1S/C24H20ClN5O3S2/c1-13-8-17(25)12-20-22(13)26-24(35-20)28(6-7-29-15(3)9-14(2)27-29)23(31)21-11-16-10-18(30(32)33)4-5-19(16)34-21/h4-5,8-12H,6-7H2,1-3H3. The van der Waals surface area contributed by atoms with Gasteiger partial charge in [-0.2, -0.15) is 5.10 Å². The van der Waals surface area contributed by atoms with Gasteiger partial charge in [-0.05, 0) is 56.7 Å². The van der Waals surface area contributed by atoms with Crippen LogP contribution in [0.5, 0.6) is 0 Å². The van der Waals surface area contributed by atoms with E-state index >= 15 is 0 Å². The summed E-state index contributed by atoms with van der Waals surface area (Å²) in [5.41, 5.74) is 3.67. The number of fused-ring (bicyclic) bond motifs is 2. The maximum atomic E-state index is 13.8. The molecular weight excluding hydrogens is 506 g/mol. The van der Waals surface area contributed by atoms with Gasteiger partial charge in [-0.15, -0.1) is 11.3 Å². The molecule has 0 aliphatic heterocycles. The number of thiazole rings is 1. The second-order valence-corrected chi connectivity index (χ2v) is 10.8. The van der Waals surface area contributed by atoms with Crippen molar-refractivity contribution in [3.63, 3.8) is 0 Å². The molecule has 0 spiro atoms. The highest BCUT2D eigenvalue weighted by Crippen LogP contribution is 2.35. The molecule has 0 N–H and O–H groups in total. The Morgan fingerprint density at radius 2 is 1.91 bits per heavy atom. The highest BCUT2D eigenvalue weighted by molar-refractivity contribution is 7.23. The minimum atomic E-state index is -0.437. The zero-order valence-electron chi connectivity index (χ0n) is 19.1. The first-order valence-corrected chi connectivity index (χ1v) is 12.8. The zero-order valence-corrected chi connectivity index (χ0v) is 21.5. The molecule has 2 aromatic carbocycles. The molecule has 178 valence electrons. The smallest absolute Gasteiger partial charge is 0.270 e. The number of nitro groups is 1. The summed E-state index contributed by atoms with van der Waals surface area (Å²) in [5, 5.41) is 17.6. The van der Waals surface area contributed by atoms with E-state index in [2.05, 4.69) is 5.10 Å². The number of aryl methyl sites for hydroxylation is 3. The summed E-state index contributed by atoms with van der Waals surface area (Å²) < 4.78 is 3.59. The fourth-order valence-electron chi connectivity index (χ4n) is 4.02. The lowest BCUT2D eigenvalue weighted by molar-refractivity contribution is -0.384. The summed E-state index contributed by atoms with van der Waals surface area (Å²) in [6, 6.07) is 12.0. The quantitative estimate of drug-likeness (QED) is 0.185. The van der Waals surface area contributed by atoms with E-state index in [0.717, 1.165) is 31.9 Å². The van der Waals surface area contributed by atoms with E-state index in [9.17, 15) is 14.9 Å². The van der Waals surface area contributed by atoms with E-state index in [1.165, 1.54) is 34.8 Å². The summed E-state index contributed by atoms with van der Waals surface area (Å²) >= 11 is 8.97. The van der Waals surface area contributed by atoms with Crippen LogP contribution in [-0.2, 0) is 6.54 Å². The van der Waals surface area contributed by atoms with Crippen LogP contribution in [0.2, 0.25) is 5.02 Å². The molecule has 35 heavy (non-hydrogen) atoms. The van der Waals surface area contributed by atoms with Crippen LogP contribution in [-0.4, -0.2) is 32.1 Å². The molecule has 5 aromatic rings. The van der Waals surface area contributed by atoms with Gasteiger partial charge in [0.15, 0.2) is 5.13 Å². The number of hydrogen-bond acceptors (Lipinski definition) is 7. The third-order valence-electron chi connectivity index (χ3n) is 5.68. The Morgan fingerprint density at radius 3 is 2.63 bits per heavy atom. The van der Waals surface area contributed by atoms with Gasteiger partial charge in [0, 0.05) is 39.5 Å². The Balaban J connectivity index is 1.55. The van der Waals surface area contributed by atoms with Crippen molar-refractivity contribution >= 4 is 71.3 Å². The number of non-ortho nitro benzene ring substituents is 1. The topological polar surface area (TPSA) is 94.2 Å². The lowest BCUT2D eigenvalue weighted by atomic mass is 10.2. The van der Waals surface area contributed by atoms with Crippen molar-refractivity contribution in [3.05, 3.63) is 79.4 Å². The number of carbonyl (C=O) groups is 1. The molecule has 0 aliphatic rings. The Bertz CT molecular complexity index is 1620. The van der Waals surface area contributed by atoms with Crippen molar-refractivity contribution in [2.45, 2.75) is 27.3 Å². The number of nitrogens with zero attached hydrogens (tertiary/aromatic N) is 5. The SMILES string of the molecule is Cc1cc(C)n(CCN(C(=O)c2cc3cc([N+](=O)[O-])ccc3s2)c2nc3c(C)cc(Cl)cc3s2)n1. The lowest BCUT2D eigenvalue weighted by Crippen LogP contribution is -2.33. The average molecular weight is 526 g/mol.